The molecular weight excluding hydrogens is 504 g/mol. The van der Waals surface area contributed by atoms with Gasteiger partial charge in [0, 0.05) is 0 Å². The topological polar surface area (TPSA) is 86.2 Å². The summed E-state index contributed by atoms with van der Waals surface area (Å²) in [5.74, 6) is 0.636. The maximum atomic E-state index is 12.4. The Morgan fingerprint density at radius 2 is 1.47 bits per heavy atom. The van der Waals surface area contributed by atoms with Crippen molar-refractivity contribution in [2.75, 3.05) is 0 Å². The minimum absolute atomic E-state index is 0.284. The van der Waals surface area contributed by atoms with Gasteiger partial charge >= 0.3 is 5.97 Å². The normalized spacial score (nSPS) is 11.5. The number of benzene rings is 4. The van der Waals surface area contributed by atoms with Gasteiger partial charge in [0.25, 0.3) is 5.91 Å². The summed E-state index contributed by atoms with van der Waals surface area (Å²) < 4.78 is 16.8. The van der Waals surface area contributed by atoms with Gasteiger partial charge in [0.05, 0.1) is 16.8 Å². The van der Waals surface area contributed by atoms with Crippen LogP contribution in [-0.4, -0.2) is 24.2 Å². The Bertz CT molecular complexity index is 1390. The summed E-state index contributed by atoms with van der Waals surface area (Å²) in [6.07, 6.45) is 0.707. The second kappa shape index (κ2) is 13.1. The lowest BCUT2D eigenvalue weighted by Gasteiger charge is -2.13. The number of amides is 1. The number of nitrogens with zero attached hydrogens (tertiary/aromatic N) is 1. The van der Waals surface area contributed by atoms with Crippen molar-refractivity contribution >= 4 is 29.7 Å². The fraction of sp³-hybridized carbons (Fsp3) is 0.100. The van der Waals surface area contributed by atoms with Crippen LogP contribution in [0.1, 0.15) is 28.4 Å². The van der Waals surface area contributed by atoms with Crippen LogP contribution in [0.25, 0.3) is 0 Å². The third-order valence-electron chi connectivity index (χ3n) is 5.33. The van der Waals surface area contributed by atoms with Gasteiger partial charge in [-0.15, -0.1) is 0 Å². The van der Waals surface area contributed by atoms with Crippen LogP contribution < -0.4 is 19.6 Å². The molecule has 1 N–H and O–H groups in total. The second-order valence-corrected chi connectivity index (χ2v) is 8.59. The van der Waals surface area contributed by atoms with Gasteiger partial charge in [0.1, 0.15) is 23.9 Å². The molecule has 0 bridgehead atoms. The number of rotatable bonds is 10. The van der Waals surface area contributed by atoms with Gasteiger partial charge in [0.15, 0.2) is 6.10 Å². The van der Waals surface area contributed by atoms with Crippen LogP contribution in [0, 0.1) is 0 Å². The van der Waals surface area contributed by atoms with E-state index in [0.29, 0.717) is 34.4 Å². The number of hydrogen-bond acceptors (Lipinski definition) is 6. The van der Waals surface area contributed by atoms with Gasteiger partial charge in [0.2, 0.25) is 0 Å². The van der Waals surface area contributed by atoms with Crippen molar-refractivity contribution in [1.29, 1.82) is 0 Å². The SMILES string of the molecule is CC(Oc1ccc(OCc2ccccc2)cc1)C(=O)NN=Cc1ccc(OC(=O)c2ccccc2Cl)cc1. The number of carbonyl (C=O) groups is 2. The predicted octanol–water partition coefficient (Wildman–Crippen LogP) is 6.06. The van der Waals surface area contributed by atoms with Crippen molar-refractivity contribution in [2.45, 2.75) is 19.6 Å². The van der Waals surface area contributed by atoms with Crippen LogP contribution in [0.3, 0.4) is 0 Å². The zero-order valence-corrected chi connectivity index (χ0v) is 21.3. The Morgan fingerprint density at radius 3 is 2.18 bits per heavy atom. The Hall–Kier alpha value is -4.62. The largest absolute Gasteiger partial charge is 0.489 e. The molecule has 0 aliphatic rings. The van der Waals surface area contributed by atoms with Gasteiger partial charge in [-0.1, -0.05) is 54.1 Å². The maximum absolute atomic E-state index is 12.4. The molecule has 0 aliphatic heterocycles. The Labute approximate surface area is 225 Å². The van der Waals surface area contributed by atoms with Crippen LogP contribution in [0.15, 0.2) is 108 Å². The molecule has 1 amide bonds. The van der Waals surface area contributed by atoms with Crippen molar-refractivity contribution in [2.24, 2.45) is 5.10 Å². The van der Waals surface area contributed by atoms with Crippen molar-refractivity contribution < 1.29 is 23.8 Å². The number of nitrogens with one attached hydrogen (secondary N) is 1. The first-order valence-electron chi connectivity index (χ1n) is 11.8. The summed E-state index contributed by atoms with van der Waals surface area (Å²) in [4.78, 5) is 24.6. The van der Waals surface area contributed by atoms with E-state index in [2.05, 4.69) is 10.5 Å². The molecule has 1 unspecified atom stereocenters. The van der Waals surface area contributed by atoms with Crippen molar-refractivity contribution in [3.63, 3.8) is 0 Å². The number of hydrazone groups is 1. The average molecular weight is 529 g/mol. The molecule has 0 spiro atoms. The summed E-state index contributed by atoms with van der Waals surface area (Å²) in [6.45, 7) is 2.10. The zero-order valence-electron chi connectivity index (χ0n) is 20.5. The number of ether oxygens (including phenoxy) is 3. The lowest BCUT2D eigenvalue weighted by Crippen LogP contribution is -2.33. The highest BCUT2D eigenvalue weighted by atomic mass is 35.5. The molecule has 0 radical (unpaired) electrons. The molecule has 7 nitrogen and oxygen atoms in total. The molecule has 1 atom stereocenters. The molecule has 4 aromatic carbocycles. The summed E-state index contributed by atoms with van der Waals surface area (Å²) in [6, 6.07) is 30.2. The van der Waals surface area contributed by atoms with Crippen molar-refractivity contribution in [1.82, 2.24) is 5.43 Å². The van der Waals surface area contributed by atoms with Gasteiger partial charge in [-0.2, -0.15) is 5.10 Å². The van der Waals surface area contributed by atoms with Gasteiger partial charge < -0.3 is 14.2 Å². The molecule has 0 fully saturated rings. The van der Waals surface area contributed by atoms with E-state index in [-0.39, 0.29) is 5.56 Å². The molecule has 0 aromatic heterocycles. The molecule has 192 valence electrons. The summed E-state index contributed by atoms with van der Waals surface area (Å²) >= 11 is 6.03. The van der Waals surface area contributed by atoms with E-state index in [0.717, 1.165) is 5.56 Å². The number of halogens is 1. The van der Waals surface area contributed by atoms with Crippen LogP contribution in [-0.2, 0) is 11.4 Å². The fourth-order valence-corrected chi connectivity index (χ4v) is 3.50. The van der Waals surface area contributed by atoms with E-state index in [9.17, 15) is 9.59 Å². The summed E-state index contributed by atoms with van der Waals surface area (Å²) in [5.41, 5.74) is 4.51. The molecule has 8 heteroatoms. The minimum Gasteiger partial charge on any atom is -0.489 e. The third-order valence-corrected chi connectivity index (χ3v) is 5.66. The first kappa shape index (κ1) is 26.4. The number of hydrogen-bond donors (Lipinski definition) is 1. The molecule has 0 saturated heterocycles. The smallest absolute Gasteiger partial charge is 0.345 e. The number of carbonyl (C=O) groups excluding carboxylic acids is 2. The van der Waals surface area contributed by atoms with E-state index in [1.807, 2.05) is 30.3 Å². The Morgan fingerprint density at radius 1 is 0.842 bits per heavy atom. The molecule has 0 saturated carbocycles. The monoisotopic (exact) mass is 528 g/mol. The Kier molecular flexibility index (Phi) is 9.10. The molecule has 0 heterocycles. The fourth-order valence-electron chi connectivity index (χ4n) is 3.29. The maximum Gasteiger partial charge on any atom is 0.345 e. The number of esters is 1. The minimum atomic E-state index is -0.769. The van der Waals surface area contributed by atoms with Crippen LogP contribution in [0.5, 0.6) is 17.2 Å². The highest BCUT2D eigenvalue weighted by Gasteiger charge is 2.14. The van der Waals surface area contributed by atoms with Gasteiger partial charge in [-0.05, 0) is 78.7 Å². The van der Waals surface area contributed by atoms with Crippen LogP contribution in [0.2, 0.25) is 5.02 Å². The first-order chi connectivity index (χ1) is 18.5. The third kappa shape index (κ3) is 7.69. The Balaban J connectivity index is 1.22. The van der Waals surface area contributed by atoms with Gasteiger partial charge in [-0.25, -0.2) is 10.2 Å². The molecular formula is C30H25ClN2O5. The lowest BCUT2D eigenvalue weighted by molar-refractivity contribution is -0.127. The molecule has 38 heavy (non-hydrogen) atoms. The van der Waals surface area contributed by atoms with Crippen molar-refractivity contribution in [3.05, 3.63) is 125 Å². The molecule has 4 aromatic rings. The quantitative estimate of drug-likeness (QED) is 0.117. The standard InChI is InChI=1S/C30H25ClN2O5/c1-21(37-25-17-15-24(16-18-25)36-20-23-7-3-2-4-8-23)29(34)33-32-19-22-11-13-26(14-12-22)38-30(35)27-9-5-6-10-28(27)31/h2-19,21H,20H2,1H3,(H,33,34). The molecule has 0 aliphatic carbocycles. The summed E-state index contributed by atoms with van der Waals surface area (Å²) in [5, 5.41) is 4.29. The first-order valence-corrected chi connectivity index (χ1v) is 12.2. The van der Waals surface area contributed by atoms with E-state index >= 15 is 0 Å². The second-order valence-electron chi connectivity index (χ2n) is 8.18. The van der Waals surface area contributed by atoms with Crippen LogP contribution in [0.4, 0.5) is 0 Å². The van der Waals surface area contributed by atoms with Gasteiger partial charge in [-0.3, -0.25) is 4.79 Å². The van der Waals surface area contributed by atoms with Crippen molar-refractivity contribution in [3.8, 4) is 17.2 Å². The predicted molar refractivity (Wildman–Crippen MR) is 146 cm³/mol. The van der Waals surface area contributed by atoms with E-state index < -0.39 is 18.0 Å². The summed E-state index contributed by atoms with van der Waals surface area (Å²) in [7, 11) is 0. The average Bonchev–Trinajstić information content (AvgIpc) is 2.94. The zero-order chi connectivity index (χ0) is 26.7. The lowest BCUT2D eigenvalue weighted by atomic mass is 10.2. The van der Waals surface area contributed by atoms with Crippen LogP contribution >= 0.6 is 11.6 Å². The molecule has 4 rings (SSSR count). The highest BCUT2D eigenvalue weighted by Crippen LogP contribution is 2.20. The van der Waals surface area contributed by atoms with E-state index in [4.69, 9.17) is 25.8 Å². The highest BCUT2D eigenvalue weighted by molar-refractivity contribution is 6.33. The van der Waals surface area contributed by atoms with E-state index in [1.54, 1.807) is 79.7 Å². The van der Waals surface area contributed by atoms with E-state index in [1.165, 1.54) is 6.21 Å².